The molecule has 0 unspecified atom stereocenters. The van der Waals surface area contributed by atoms with Gasteiger partial charge in [-0.3, -0.25) is 23.9 Å². The van der Waals surface area contributed by atoms with Crippen molar-refractivity contribution in [3.63, 3.8) is 0 Å². The number of rotatable bonds is 11. The van der Waals surface area contributed by atoms with Gasteiger partial charge in [-0.2, -0.15) is 0 Å². The van der Waals surface area contributed by atoms with E-state index in [1.54, 1.807) is 60.8 Å². The Kier molecular flexibility index (Phi) is 9.21. The van der Waals surface area contributed by atoms with Crippen LogP contribution in [0, 0.1) is 0 Å². The van der Waals surface area contributed by atoms with Crippen LogP contribution in [0.5, 0.6) is 23.0 Å². The lowest BCUT2D eigenvalue weighted by molar-refractivity contribution is 0.0971. The summed E-state index contributed by atoms with van der Waals surface area (Å²) >= 11 is 0. The first-order valence-electron chi connectivity index (χ1n) is 15.2. The normalized spacial score (nSPS) is 12.8. The Hall–Kier alpha value is -5.56. The van der Waals surface area contributed by atoms with Gasteiger partial charge in [-0.25, -0.2) is 13.4 Å². The molecule has 1 aliphatic rings. The molecule has 1 N–H and O–H groups in total. The Bertz CT molecular complexity index is 2180. The molecule has 0 atom stereocenters. The highest BCUT2D eigenvalue weighted by Gasteiger charge is 2.26. The number of nitrogens with zero attached hydrogens (tertiary/aromatic N) is 3. The van der Waals surface area contributed by atoms with Gasteiger partial charge in [-0.15, -0.1) is 0 Å². The average molecular weight is 669 g/mol. The zero-order valence-electron chi connectivity index (χ0n) is 26.3. The van der Waals surface area contributed by atoms with E-state index in [1.807, 2.05) is 6.07 Å². The van der Waals surface area contributed by atoms with E-state index in [0.717, 1.165) is 0 Å². The lowest BCUT2D eigenvalue weighted by atomic mass is 9.92. The monoisotopic (exact) mass is 668 g/mol. The summed E-state index contributed by atoms with van der Waals surface area (Å²) in [7, 11) is -1.60. The van der Waals surface area contributed by atoms with Crippen molar-refractivity contribution in [1.29, 1.82) is 0 Å². The number of amides is 1. The van der Waals surface area contributed by atoms with Crippen molar-refractivity contribution in [2.24, 2.45) is 0 Å². The van der Waals surface area contributed by atoms with Crippen LogP contribution in [0.1, 0.15) is 45.7 Å². The largest absolute Gasteiger partial charge is 0.493 e. The van der Waals surface area contributed by atoms with E-state index in [0.29, 0.717) is 76.5 Å². The minimum Gasteiger partial charge on any atom is -0.493 e. The summed E-state index contributed by atoms with van der Waals surface area (Å²) in [6, 6.07) is 18.6. The maximum absolute atomic E-state index is 13.6. The van der Waals surface area contributed by atoms with Crippen LogP contribution in [-0.2, 0) is 16.3 Å². The molecule has 3 aromatic heterocycles. The summed E-state index contributed by atoms with van der Waals surface area (Å²) in [6.45, 7) is 0.188. The second-order valence-corrected chi connectivity index (χ2v) is 13.5. The first-order chi connectivity index (χ1) is 23.1. The molecule has 0 spiro atoms. The molecule has 6 rings (SSSR count). The Morgan fingerprint density at radius 3 is 2.50 bits per heavy atom. The van der Waals surface area contributed by atoms with E-state index in [9.17, 15) is 22.8 Å². The van der Waals surface area contributed by atoms with Crippen LogP contribution in [0.4, 0.5) is 5.82 Å². The highest BCUT2D eigenvalue weighted by Crippen LogP contribution is 2.37. The van der Waals surface area contributed by atoms with Gasteiger partial charge in [-0.05, 0) is 61.7 Å². The van der Waals surface area contributed by atoms with Crippen molar-refractivity contribution in [3.8, 4) is 28.7 Å². The molecule has 0 aliphatic heterocycles. The maximum Gasteiger partial charge on any atom is 0.268 e. The fraction of sp³-hybridized carbons (Fsp3) is 0.229. The topological polar surface area (TPSA) is 156 Å². The van der Waals surface area contributed by atoms with Crippen LogP contribution in [0.2, 0.25) is 0 Å². The first-order valence-corrected chi connectivity index (χ1v) is 17.3. The number of aromatic nitrogens is 3. The van der Waals surface area contributed by atoms with Gasteiger partial charge in [0.1, 0.15) is 32.7 Å². The number of benzene rings is 2. The van der Waals surface area contributed by atoms with E-state index < -0.39 is 21.3 Å². The van der Waals surface area contributed by atoms with Gasteiger partial charge in [-0.1, -0.05) is 18.2 Å². The number of carbonyl (C=O) groups is 2. The zero-order valence-corrected chi connectivity index (χ0v) is 27.1. The molecular weight excluding hydrogens is 636 g/mol. The predicted octanol–water partition coefficient (Wildman–Crippen LogP) is 5.17. The lowest BCUT2D eigenvalue weighted by Crippen LogP contribution is -2.33. The summed E-state index contributed by atoms with van der Waals surface area (Å²) in [4.78, 5) is 48.5. The fourth-order valence-corrected chi connectivity index (χ4v) is 6.17. The minimum atomic E-state index is -3.09. The Morgan fingerprint density at radius 1 is 0.958 bits per heavy atom. The number of nitrogens with one attached hydrogen (secondary N) is 1. The predicted molar refractivity (Wildman–Crippen MR) is 180 cm³/mol. The van der Waals surface area contributed by atoms with Crippen molar-refractivity contribution in [2.75, 3.05) is 31.0 Å². The third-order valence-electron chi connectivity index (χ3n) is 7.79. The maximum atomic E-state index is 13.6. The number of fused-ring (bicyclic) bond motifs is 2. The fourth-order valence-electron chi connectivity index (χ4n) is 5.52. The summed E-state index contributed by atoms with van der Waals surface area (Å²) in [5.41, 5.74) is 1.44. The molecule has 3 heterocycles. The van der Waals surface area contributed by atoms with Crippen LogP contribution in [0.3, 0.4) is 0 Å². The molecule has 1 amide bonds. The quantitative estimate of drug-likeness (QED) is 0.186. The zero-order chi connectivity index (χ0) is 33.8. The Balaban J connectivity index is 1.21. The molecule has 0 bridgehead atoms. The first kappa shape index (κ1) is 32.4. The lowest BCUT2D eigenvalue weighted by Gasteiger charge is -2.21. The molecule has 2 aromatic carbocycles. The Labute approximate surface area is 276 Å². The van der Waals surface area contributed by atoms with Gasteiger partial charge in [0.2, 0.25) is 0 Å². The summed E-state index contributed by atoms with van der Waals surface area (Å²) in [5, 5.41) is 3.30. The highest BCUT2D eigenvalue weighted by atomic mass is 32.2. The van der Waals surface area contributed by atoms with Crippen LogP contribution in [-0.4, -0.2) is 60.4 Å². The second-order valence-electron chi connectivity index (χ2n) is 11.3. The van der Waals surface area contributed by atoms with Crippen molar-refractivity contribution in [2.45, 2.75) is 25.7 Å². The van der Waals surface area contributed by atoms with Crippen molar-refractivity contribution in [1.82, 2.24) is 14.5 Å². The molecule has 246 valence electrons. The van der Waals surface area contributed by atoms with Gasteiger partial charge in [0.15, 0.2) is 17.3 Å². The summed E-state index contributed by atoms with van der Waals surface area (Å²) in [6.07, 6.45) is 6.05. The standard InChI is InChI=1S/C35H32N4O8S/c1-45-31-19-24-27(20-32(31)46-16-7-17-48(2,43)44)36-15-14-30(24)47-23-12-13-33(37-21-23)38-34(41)26-18-25-28(10-6-11-29(25)40)39(35(26)42)22-8-4-3-5-9-22/h3-5,8-9,12-15,18-21H,6-7,10-11,16-17H2,1-2H3,(H,37,38,41). The molecule has 5 aromatic rings. The number of para-hydroxylation sites is 1. The molecule has 0 radical (unpaired) electrons. The molecule has 0 saturated carbocycles. The number of ether oxygens (including phenoxy) is 3. The SMILES string of the molecule is COc1cc2c(Oc3ccc(NC(=O)c4cc5c(n(-c6ccccc6)c4=O)CCCC5=O)nc3)ccnc2cc1OCCCS(C)(=O)=O. The van der Waals surface area contributed by atoms with Crippen molar-refractivity contribution < 1.29 is 32.2 Å². The molecule has 0 saturated heterocycles. The van der Waals surface area contributed by atoms with Crippen LogP contribution >= 0.6 is 0 Å². The van der Waals surface area contributed by atoms with Crippen LogP contribution in [0.25, 0.3) is 16.6 Å². The van der Waals surface area contributed by atoms with E-state index in [1.165, 1.54) is 30.2 Å². The van der Waals surface area contributed by atoms with Crippen molar-refractivity contribution >= 4 is 38.2 Å². The smallest absolute Gasteiger partial charge is 0.268 e. The van der Waals surface area contributed by atoms with E-state index in [2.05, 4.69) is 15.3 Å². The molecule has 12 nitrogen and oxygen atoms in total. The van der Waals surface area contributed by atoms with Gasteiger partial charge >= 0.3 is 0 Å². The number of sulfone groups is 1. The number of methoxy groups -OCH3 is 1. The highest BCUT2D eigenvalue weighted by molar-refractivity contribution is 7.90. The molecular formula is C35H32N4O8S. The molecule has 48 heavy (non-hydrogen) atoms. The van der Waals surface area contributed by atoms with E-state index in [4.69, 9.17) is 14.2 Å². The Morgan fingerprint density at radius 2 is 1.77 bits per heavy atom. The number of pyridine rings is 3. The number of Topliss-reactive ketones (excluding diaryl/α,β-unsaturated/α-hetero) is 1. The molecule has 1 aliphatic carbocycles. The third-order valence-corrected chi connectivity index (χ3v) is 8.82. The number of carbonyl (C=O) groups excluding carboxylic acids is 2. The molecule has 13 heteroatoms. The number of anilines is 1. The number of ketones is 1. The second kappa shape index (κ2) is 13.7. The third kappa shape index (κ3) is 7.05. The van der Waals surface area contributed by atoms with Crippen LogP contribution in [0.15, 0.2) is 83.9 Å². The minimum absolute atomic E-state index is 0.0125. The summed E-state index contributed by atoms with van der Waals surface area (Å²) in [5.74, 6) is 1.07. The van der Waals surface area contributed by atoms with Crippen molar-refractivity contribution in [3.05, 3.63) is 106 Å². The number of hydrogen-bond donors (Lipinski definition) is 1. The van der Waals surface area contributed by atoms with Crippen LogP contribution < -0.4 is 25.1 Å². The van der Waals surface area contributed by atoms with E-state index >= 15 is 0 Å². The summed E-state index contributed by atoms with van der Waals surface area (Å²) < 4.78 is 41.7. The van der Waals surface area contributed by atoms with Gasteiger partial charge < -0.3 is 19.5 Å². The van der Waals surface area contributed by atoms with Gasteiger partial charge in [0.05, 0.1) is 31.2 Å². The van der Waals surface area contributed by atoms with Gasteiger partial charge in [0.25, 0.3) is 11.5 Å². The number of hydrogen-bond acceptors (Lipinski definition) is 10. The van der Waals surface area contributed by atoms with E-state index in [-0.39, 0.29) is 29.5 Å². The average Bonchev–Trinajstić information content (AvgIpc) is 3.07. The molecule has 0 fully saturated rings. The van der Waals surface area contributed by atoms with Gasteiger partial charge in [0, 0.05) is 47.3 Å².